The number of alkyl halides is 4. The van der Waals surface area contributed by atoms with Gasteiger partial charge in [0.25, 0.3) is 0 Å². The van der Waals surface area contributed by atoms with Crippen LogP contribution in [-0.2, 0) is 0 Å². The third-order valence-electron chi connectivity index (χ3n) is 3.00. The Labute approximate surface area is 99.1 Å². The molecule has 1 unspecified atom stereocenters. The van der Waals surface area contributed by atoms with Gasteiger partial charge in [0.2, 0.25) is 0 Å². The average Bonchev–Trinajstić information content (AvgIpc) is 2.29. The number of hydrogen-bond donors (Lipinski definition) is 2. The van der Waals surface area contributed by atoms with Crippen molar-refractivity contribution in [1.82, 2.24) is 10.6 Å². The molecule has 0 saturated carbocycles. The molecule has 1 aliphatic heterocycles. The van der Waals surface area contributed by atoms with Gasteiger partial charge in [0.05, 0.1) is 6.54 Å². The molecule has 0 aromatic rings. The molecule has 0 aromatic carbocycles. The van der Waals surface area contributed by atoms with E-state index in [9.17, 15) is 17.6 Å². The van der Waals surface area contributed by atoms with Gasteiger partial charge in [-0.15, -0.1) is 0 Å². The molecule has 0 aromatic heterocycles. The van der Waals surface area contributed by atoms with E-state index in [0.29, 0.717) is 12.6 Å². The summed E-state index contributed by atoms with van der Waals surface area (Å²) in [4.78, 5) is 0. The highest BCUT2D eigenvalue weighted by Crippen LogP contribution is 2.21. The third-order valence-corrected chi connectivity index (χ3v) is 3.00. The lowest BCUT2D eigenvalue weighted by Crippen LogP contribution is -2.39. The Hall–Kier alpha value is -0.360. The van der Waals surface area contributed by atoms with E-state index < -0.39 is 18.9 Å². The number of nitrogens with one attached hydrogen (secondary N) is 2. The van der Waals surface area contributed by atoms with E-state index in [-0.39, 0.29) is 0 Å². The fourth-order valence-corrected chi connectivity index (χ4v) is 1.98. The molecule has 102 valence electrons. The highest BCUT2D eigenvalue weighted by Gasteiger charge is 2.39. The third kappa shape index (κ3) is 5.68. The first-order valence-electron chi connectivity index (χ1n) is 6.12. The second-order valence-electron chi connectivity index (χ2n) is 4.53. The molecular formula is C11H20F4N2. The number of halogens is 4. The lowest BCUT2D eigenvalue weighted by Gasteiger charge is -2.23. The Morgan fingerprint density at radius 2 is 2.06 bits per heavy atom. The molecule has 1 saturated heterocycles. The van der Waals surface area contributed by atoms with Gasteiger partial charge in [0.15, 0.2) is 0 Å². The van der Waals surface area contributed by atoms with Gasteiger partial charge in [-0.3, -0.25) is 0 Å². The van der Waals surface area contributed by atoms with Crippen molar-refractivity contribution in [2.24, 2.45) is 0 Å². The summed E-state index contributed by atoms with van der Waals surface area (Å²) < 4.78 is 48.6. The first-order valence-corrected chi connectivity index (χ1v) is 6.12. The van der Waals surface area contributed by atoms with Gasteiger partial charge < -0.3 is 10.6 Å². The van der Waals surface area contributed by atoms with Crippen molar-refractivity contribution < 1.29 is 17.6 Å². The molecule has 6 heteroatoms. The maximum absolute atomic E-state index is 12.5. The predicted octanol–water partition coefficient (Wildman–Crippen LogP) is 2.40. The minimum Gasteiger partial charge on any atom is -0.314 e. The second kappa shape index (κ2) is 7.16. The van der Waals surface area contributed by atoms with Crippen molar-refractivity contribution in [3.63, 3.8) is 0 Å². The van der Waals surface area contributed by atoms with Crippen LogP contribution in [0, 0.1) is 0 Å². The molecule has 17 heavy (non-hydrogen) atoms. The van der Waals surface area contributed by atoms with Gasteiger partial charge >= 0.3 is 12.3 Å². The van der Waals surface area contributed by atoms with E-state index in [1.165, 1.54) is 12.8 Å². The van der Waals surface area contributed by atoms with E-state index in [0.717, 1.165) is 25.8 Å². The summed E-state index contributed by atoms with van der Waals surface area (Å²) >= 11 is 0. The maximum Gasteiger partial charge on any atom is 0.319 e. The van der Waals surface area contributed by atoms with E-state index in [4.69, 9.17) is 0 Å². The van der Waals surface area contributed by atoms with Crippen molar-refractivity contribution in [3.8, 4) is 0 Å². The van der Waals surface area contributed by atoms with Crippen LogP contribution >= 0.6 is 0 Å². The lowest BCUT2D eigenvalue weighted by atomic mass is 10.0. The molecule has 0 radical (unpaired) electrons. The van der Waals surface area contributed by atoms with Gasteiger partial charge in [0.1, 0.15) is 0 Å². The van der Waals surface area contributed by atoms with Crippen LogP contribution in [0.2, 0.25) is 0 Å². The van der Waals surface area contributed by atoms with Crippen LogP contribution in [0.25, 0.3) is 0 Å². The SMILES string of the molecule is FC(F)C(F)(F)CNCCCC1CCCCN1. The molecule has 2 nitrogen and oxygen atoms in total. The highest BCUT2D eigenvalue weighted by molar-refractivity contribution is 4.74. The summed E-state index contributed by atoms with van der Waals surface area (Å²) in [6, 6.07) is 0.459. The zero-order valence-corrected chi connectivity index (χ0v) is 9.82. The minimum atomic E-state index is -3.91. The van der Waals surface area contributed by atoms with Crippen molar-refractivity contribution in [2.45, 2.75) is 50.5 Å². The van der Waals surface area contributed by atoms with Crippen molar-refractivity contribution >= 4 is 0 Å². The normalized spacial score (nSPS) is 22.1. The van der Waals surface area contributed by atoms with E-state index >= 15 is 0 Å². The Morgan fingerprint density at radius 3 is 2.65 bits per heavy atom. The zero-order valence-electron chi connectivity index (χ0n) is 9.82. The fraction of sp³-hybridized carbons (Fsp3) is 1.00. The standard InChI is InChI=1S/C11H20F4N2/c12-10(13)11(14,15)8-16-6-3-5-9-4-1-2-7-17-9/h9-10,16-17H,1-8H2. The van der Waals surface area contributed by atoms with Crippen LogP contribution in [0.5, 0.6) is 0 Å². The summed E-state index contributed by atoms with van der Waals surface area (Å²) in [5.74, 6) is -3.91. The molecule has 1 rings (SSSR count). The number of piperidine rings is 1. The summed E-state index contributed by atoms with van der Waals surface area (Å²) in [7, 11) is 0. The van der Waals surface area contributed by atoms with Gasteiger partial charge in [0, 0.05) is 6.04 Å². The van der Waals surface area contributed by atoms with Crippen LogP contribution in [0.1, 0.15) is 32.1 Å². The first kappa shape index (κ1) is 14.7. The quantitative estimate of drug-likeness (QED) is 0.540. The van der Waals surface area contributed by atoms with E-state index in [1.54, 1.807) is 0 Å². The smallest absolute Gasteiger partial charge is 0.314 e. The average molecular weight is 256 g/mol. The molecule has 1 fully saturated rings. The Morgan fingerprint density at radius 1 is 1.29 bits per heavy atom. The largest absolute Gasteiger partial charge is 0.319 e. The van der Waals surface area contributed by atoms with E-state index in [1.807, 2.05) is 0 Å². The van der Waals surface area contributed by atoms with Crippen molar-refractivity contribution in [1.29, 1.82) is 0 Å². The molecule has 1 atom stereocenters. The maximum atomic E-state index is 12.5. The van der Waals surface area contributed by atoms with Crippen LogP contribution in [0.3, 0.4) is 0 Å². The molecule has 2 N–H and O–H groups in total. The molecular weight excluding hydrogens is 236 g/mol. The summed E-state index contributed by atoms with van der Waals surface area (Å²) in [5.41, 5.74) is 0. The van der Waals surface area contributed by atoms with Gasteiger partial charge in [-0.2, -0.15) is 8.78 Å². The summed E-state index contributed by atoms with van der Waals surface area (Å²) in [6.45, 7) is 0.435. The molecule has 1 heterocycles. The van der Waals surface area contributed by atoms with Crippen molar-refractivity contribution in [3.05, 3.63) is 0 Å². The first-order chi connectivity index (χ1) is 8.02. The topological polar surface area (TPSA) is 24.1 Å². The van der Waals surface area contributed by atoms with Crippen LogP contribution < -0.4 is 10.6 Å². The van der Waals surface area contributed by atoms with E-state index in [2.05, 4.69) is 10.6 Å². The Kier molecular flexibility index (Phi) is 6.19. The zero-order chi connectivity index (χ0) is 12.7. The number of rotatable bonds is 7. The lowest BCUT2D eigenvalue weighted by molar-refractivity contribution is -0.125. The van der Waals surface area contributed by atoms with Gasteiger partial charge in [-0.1, -0.05) is 6.42 Å². The van der Waals surface area contributed by atoms with Crippen LogP contribution in [0.4, 0.5) is 17.6 Å². The van der Waals surface area contributed by atoms with Crippen molar-refractivity contribution in [2.75, 3.05) is 19.6 Å². The monoisotopic (exact) mass is 256 g/mol. The van der Waals surface area contributed by atoms with Crippen LogP contribution in [0.15, 0.2) is 0 Å². The Balaban J connectivity index is 2.00. The number of hydrogen-bond acceptors (Lipinski definition) is 2. The molecule has 0 bridgehead atoms. The fourth-order valence-electron chi connectivity index (χ4n) is 1.98. The summed E-state index contributed by atoms with van der Waals surface area (Å²) in [5, 5.41) is 5.74. The van der Waals surface area contributed by atoms with Crippen LogP contribution in [-0.4, -0.2) is 38.0 Å². The molecule has 0 spiro atoms. The van der Waals surface area contributed by atoms with Gasteiger partial charge in [-0.25, -0.2) is 8.78 Å². The summed E-state index contributed by atoms with van der Waals surface area (Å²) in [6.07, 6.45) is 1.57. The predicted molar refractivity (Wildman–Crippen MR) is 58.7 cm³/mol. The van der Waals surface area contributed by atoms with Gasteiger partial charge in [-0.05, 0) is 38.8 Å². The minimum absolute atomic E-state index is 0.362. The molecule has 1 aliphatic rings. The second-order valence-corrected chi connectivity index (χ2v) is 4.53. The highest BCUT2D eigenvalue weighted by atomic mass is 19.3. The molecule has 0 aliphatic carbocycles. The molecule has 0 amide bonds. The Bertz CT molecular complexity index is 206.